The van der Waals surface area contributed by atoms with E-state index in [2.05, 4.69) is 10.3 Å². The van der Waals surface area contributed by atoms with Crippen molar-refractivity contribution in [2.24, 2.45) is 10.7 Å². The number of amides is 2. The quantitative estimate of drug-likeness (QED) is 0.466. The minimum absolute atomic E-state index is 0.0834. The lowest BCUT2D eigenvalue weighted by Crippen LogP contribution is -2.27. The van der Waals surface area contributed by atoms with Gasteiger partial charge in [-0.1, -0.05) is 30.3 Å². The van der Waals surface area contributed by atoms with Gasteiger partial charge in [0.05, 0.1) is 6.54 Å². The number of aliphatic imine (C=N–C) groups is 1. The number of urea groups is 1. The Bertz CT molecular complexity index is 417. The number of rotatable bonds is 3. The highest BCUT2D eigenvalue weighted by Crippen LogP contribution is 1.97. The molecular weight excluding hydrogens is 230 g/mol. The molecule has 0 aromatic heterocycles. The zero-order valence-electron chi connectivity index (χ0n) is 8.31. The van der Waals surface area contributed by atoms with E-state index >= 15 is 0 Å². The predicted molar refractivity (Wildman–Crippen MR) is 61.4 cm³/mol. The fourth-order valence-corrected chi connectivity index (χ4v) is 1.03. The van der Waals surface area contributed by atoms with Gasteiger partial charge < -0.3 is 11.1 Å². The van der Waals surface area contributed by atoms with Crippen LogP contribution in [0.25, 0.3) is 0 Å². The lowest BCUT2D eigenvalue weighted by Gasteiger charge is -2.00. The van der Waals surface area contributed by atoms with Crippen molar-refractivity contribution in [1.29, 1.82) is 0 Å². The summed E-state index contributed by atoms with van der Waals surface area (Å²) >= 11 is 5.04. The molecule has 16 heavy (non-hydrogen) atoms. The molecule has 3 N–H and O–H groups in total. The highest BCUT2D eigenvalue weighted by Gasteiger charge is 2.03. The Balaban J connectivity index is 2.63. The van der Waals surface area contributed by atoms with E-state index in [-0.39, 0.29) is 12.4 Å². The zero-order valence-corrected chi connectivity index (χ0v) is 9.07. The Morgan fingerprint density at radius 2 is 1.94 bits per heavy atom. The average molecular weight is 240 g/mol. The van der Waals surface area contributed by atoms with E-state index in [9.17, 15) is 9.59 Å². The van der Waals surface area contributed by atoms with E-state index in [4.69, 9.17) is 17.3 Å². The molecular formula is C10H10ClN3O2. The van der Waals surface area contributed by atoms with Gasteiger partial charge in [-0.2, -0.15) is 4.99 Å². The number of hydrogen-bond donors (Lipinski definition) is 2. The number of nitrogens with two attached hydrogens (primary N) is 1. The van der Waals surface area contributed by atoms with Crippen molar-refractivity contribution in [2.45, 2.75) is 0 Å². The van der Waals surface area contributed by atoms with Crippen LogP contribution >= 0.6 is 11.6 Å². The molecule has 0 spiro atoms. The summed E-state index contributed by atoms with van der Waals surface area (Å²) in [6.45, 7) is -0.272. The molecule has 2 amide bonds. The molecule has 0 atom stereocenters. The molecule has 1 rings (SSSR count). The molecule has 0 saturated carbocycles. The second-order valence-corrected chi connectivity index (χ2v) is 3.30. The fourth-order valence-electron chi connectivity index (χ4n) is 0.967. The van der Waals surface area contributed by atoms with Crippen molar-refractivity contribution in [3.05, 3.63) is 35.9 Å². The average Bonchev–Trinajstić information content (AvgIpc) is 2.27. The third kappa shape index (κ3) is 4.10. The lowest BCUT2D eigenvalue weighted by atomic mass is 10.2. The van der Waals surface area contributed by atoms with Gasteiger partial charge in [0, 0.05) is 5.56 Å². The van der Waals surface area contributed by atoms with E-state index in [1.54, 1.807) is 24.3 Å². The van der Waals surface area contributed by atoms with Gasteiger partial charge in [0.15, 0.2) is 0 Å². The first-order valence-corrected chi connectivity index (χ1v) is 4.83. The summed E-state index contributed by atoms with van der Waals surface area (Å²) < 4.78 is 0. The maximum absolute atomic E-state index is 11.1. The van der Waals surface area contributed by atoms with Gasteiger partial charge in [-0.3, -0.25) is 4.79 Å². The van der Waals surface area contributed by atoms with Gasteiger partial charge in [0.2, 0.25) is 5.24 Å². The van der Waals surface area contributed by atoms with Crippen molar-refractivity contribution in [3.63, 3.8) is 0 Å². The third-order valence-electron chi connectivity index (χ3n) is 1.67. The normalized spacial score (nSPS) is 10.9. The van der Waals surface area contributed by atoms with E-state index < -0.39 is 11.3 Å². The minimum Gasteiger partial charge on any atom is -0.383 e. The van der Waals surface area contributed by atoms with E-state index in [1.165, 1.54) is 0 Å². The SMILES string of the molecule is N/C(=N/C(=O)NCC(=O)Cl)c1ccccc1. The first-order chi connectivity index (χ1) is 7.59. The second kappa shape index (κ2) is 5.87. The van der Waals surface area contributed by atoms with Crippen LogP contribution in [0.3, 0.4) is 0 Å². The molecule has 0 aliphatic heterocycles. The van der Waals surface area contributed by atoms with Crippen LogP contribution < -0.4 is 11.1 Å². The molecule has 0 bridgehead atoms. The van der Waals surface area contributed by atoms with Crippen LogP contribution in [0, 0.1) is 0 Å². The largest absolute Gasteiger partial charge is 0.383 e. The van der Waals surface area contributed by atoms with Crippen molar-refractivity contribution < 1.29 is 9.59 Å². The Morgan fingerprint density at radius 3 is 2.50 bits per heavy atom. The van der Waals surface area contributed by atoms with Crippen LogP contribution in [0.2, 0.25) is 0 Å². The van der Waals surface area contributed by atoms with Crippen LogP contribution in [0.1, 0.15) is 5.56 Å². The van der Waals surface area contributed by atoms with Crippen LogP contribution in [0.5, 0.6) is 0 Å². The molecule has 0 heterocycles. The van der Waals surface area contributed by atoms with E-state index in [0.717, 1.165) is 0 Å². The van der Waals surface area contributed by atoms with E-state index in [0.29, 0.717) is 5.56 Å². The maximum atomic E-state index is 11.1. The number of halogens is 1. The van der Waals surface area contributed by atoms with Crippen LogP contribution in [0.15, 0.2) is 35.3 Å². The number of carbonyl (C=O) groups is 2. The summed E-state index contributed by atoms with van der Waals surface area (Å²) in [5.74, 6) is 0.0834. The summed E-state index contributed by atoms with van der Waals surface area (Å²) in [7, 11) is 0. The topological polar surface area (TPSA) is 84.5 Å². The van der Waals surface area contributed by atoms with Crippen LogP contribution in [-0.2, 0) is 4.79 Å². The molecule has 84 valence electrons. The Morgan fingerprint density at radius 1 is 1.31 bits per heavy atom. The number of benzene rings is 1. The smallest absolute Gasteiger partial charge is 0.343 e. The number of hydrogen-bond acceptors (Lipinski definition) is 2. The summed E-state index contributed by atoms with van der Waals surface area (Å²) in [6.07, 6.45) is 0. The van der Waals surface area contributed by atoms with Crippen molar-refractivity contribution >= 4 is 28.7 Å². The molecule has 0 aliphatic carbocycles. The number of carbonyl (C=O) groups excluding carboxylic acids is 2. The maximum Gasteiger partial charge on any atom is 0.343 e. The summed E-state index contributed by atoms with van der Waals surface area (Å²) in [5.41, 5.74) is 6.21. The van der Waals surface area contributed by atoms with Crippen molar-refractivity contribution in [3.8, 4) is 0 Å². The lowest BCUT2D eigenvalue weighted by molar-refractivity contribution is -0.110. The molecule has 0 radical (unpaired) electrons. The van der Waals surface area contributed by atoms with Crippen LogP contribution in [0.4, 0.5) is 4.79 Å². The molecule has 6 heteroatoms. The predicted octanol–water partition coefficient (Wildman–Crippen LogP) is 0.867. The molecule has 1 aromatic rings. The van der Waals surface area contributed by atoms with Crippen molar-refractivity contribution in [2.75, 3.05) is 6.54 Å². The summed E-state index contributed by atoms with van der Waals surface area (Å²) in [4.78, 5) is 25.1. The first kappa shape index (κ1) is 12.2. The third-order valence-corrected chi connectivity index (χ3v) is 1.80. The molecule has 0 saturated heterocycles. The molecule has 1 aromatic carbocycles. The zero-order chi connectivity index (χ0) is 12.0. The number of nitrogens with zero attached hydrogens (tertiary/aromatic N) is 1. The molecule has 0 fully saturated rings. The highest BCUT2D eigenvalue weighted by atomic mass is 35.5. The molecule has 0 aliphatic rings. The fraction of sp³-hybridized carbons (Fsp3) is 0.100. The summed E-state index contributed by atoms with van der Waals surface area (Å²) in [6, 6.07) is 8.12. The minimum atomic E-state index is -0.699. The highest BCUT2D eigenvalue weighted by molar-refractivity contribution is 6.64. The number of amidine groups is 1. The Hall–Kier alpha value is -1.88. The van der Waals surface area contributed by atoms with Crippen LogP contribution in [-0.4, -0.2) is 23.7 Å². The number of nitrogens with one attached hydrogen (secondary N) is 1. The molecule has 5 nitrogen and oxygen atoms in total. The first-order valence-electron chi connectivity index (χ1n) is 4.45. The van der Waals surface area contributed by atoms with Gasteiger partial charge in [-0.05, 0) is 11.6 Å². The monoisotopic (exact) mass is 239 g/mol. The Kier molecular flexibility index (Phi) is 4.47. The van der Waals surface area contributed by atoms with Gasteiger partial charge in [-0.15, -0.1) is 0 Å². The summed E-state index contributed by atoms with van der Waals surface area (Å²) in [5, 5.41) is 1.53. The standard InChI is InChI=1S/C10H10ClN3O2/c11-8(15)6-13-10(16)14-9(12)7-4-2-1-3-5-7/h1-5H,6H2,(H3,12,13,14,16). The van der Waals surface area contributed by atoms with Gasteiger partial charge in [0.25, 0.3) is 0 Å². The molecule has 0 unspecified atom stereocenters. The van der Waals surface area contributed by atoms with Gasteiger partial charge in [-0.25, -0.2) is 4.79 Å². The van der Waals surface area contributed by atoms with Crippen molar-refractivity contribution in [1.82, 2.24) is 5.32 Å². The van der Waals surface area contributed by atoms with E-state index in [1.807, 2.05) is 6.07 Å². The Labute approximate surface area is 97.3 Å². The van der Waals surface area contributed by atoms with Gasteiger partial charge >= 0.3 is 6.03 Å². The van der Waals surface area contributed by atoms with Gasteiger partial charge in [0.1, 0.15) is 5.84 Å². The second-order valence-electron chi connectivity index (χ2n) is 2.88.